The third-order valence-corrected chi connectivity index (χ3v) is 5.65. The maximum atomic E-state index is 13.0. The number of aromatic nitrogens is 4. The molecule has 0 spiro atoms. The first-order valence-electron chi connectivity index (χ1n) is 11.1. The number of rotatable bonds is 12. The summed E-state index contributed by atoms with van der Waals surface area (Å²) < 4.78 is 5.46. The molecule has 13 nitrogen and oxygen atoms in total. The van der Waals surface area contributed by atoms with Crippen molar-refractivity contribution in [2.45, 2.75) is 18.9 Å². The highest BCUT2D eigenvalue weighted by Crippen LogP contribution is 2.27. The van der Waals surface area contributed by atoms with Crippen LogP contribution >= 0.6 is 0 Å². The van der Waals surface area contributed by atoms with Crippen LogP contribution in [-0.2, 0) is 4.74 Å². The average Bonchev–Trinajstić information content (AvgIpc) is 2.83. The second-order valence-electron chi connectivity index (χ2n) is 7.72. The number of H-pyrrole nitrogens is 1. The molecular weight excluding hydrogens is 434 g/mol. The maximum Gasteiger partial charge on any atom is 0.279 e. The van der Waals surface area contributed by atoms with Crippen LogP contribution in [0.15, 0.2) is 4.79 Å². The normalized spacial score (nSPS) is 14.8. The van der Waals surface area contributed by atoms with Gasteiger partial charge < -0.3 is 39.9 Å². The Balaban J connectivity index is 2.15. The van der Waals surface area contributed by atoms with Gasteiger partial charge in [-0.1, -0.05) is 0 Å². The Morgan fingerprint density at radius 3 is 2.03 bits per heavy atom. The van der Waals surface area contributed by atoms with Crippen molar-refractivity contribution < 1.29 is 25.2 Å². The van der Waals surface area contributed by atoms with E-state index in [1.165, 1.54) is 0 Å². The minimum atomic E-state index is -0.486. The number of aromatic amines is 1. The molecule has 0 unspecified atom stereocenters. The van der Waals surface area contributed by atoms with Gasteiger partial charge in [0.15, 0.2) is 11.3 Å². The van der Waals surface area contributed by atoms with Crippen LogP contribution in [-0.4, -0.2) is 119 Å². The highest BCUT2D eigenvalue weighted by molar-refractivity contribution is 5.87. The van der Waals surface area contributed by atoms with E-state index in [4.69, 9.17) is 9.72 Å². The molecule has 0 aromatic carbocycles. The molecule has 1 fully saturated rings. The number of aliphatic hydroxyl groups excluding tert-OH is 4. The Bertz CT molecular complexity index is 938. The fourth-order valence-corrected chi connectivity index (χ4v) is 3.92. The third kappa shape index (κ3) is 5.86. The van der Waals surface area contributed by atoms with E-state index in [1.807, 2.05) is 4.90 Å². The number of nitrogens with zero attached hydrogens (tertiary/aromatic N) is 6. The van der Waals surface area contributed by atoms with E-state index in [9.17, 15) is 25.2 Å². The summed E-state index contributed by atoms with van der Waals surface area (Å²) >= 11 is 0. The topological polar surface area (TPSA) is 171 Å². The van der Waals surface area contributed by atoms with Crippen LogP contribution in [0, 0.1) is 0 Å². The van der Waals surface area contributed by atoms with E-state index in [-0.39, 0.29) is 76.1 Å². The van der Waals surface area contributed by atoms with Gasteiger partial charge in [0.2, 0.25) is 11.9 Å². The van der Waals surface area contributed by atoms with Gasteiger partial charge in [-0.15, -0.1) is 0 Å². The quantitative estimate of drug-likeness (QED) is 0.231. The highest BCUT2D eigenvalue weighted by atomic mass is 16.5. The van der Waals surface area contributed by atoms with Gasteiger partial charge >= 0.3 is 0 Å². The predicted molar refractivity (Wildman–Crippen MR) is 123 cm³/mol. The number of piperidine rings is 1. The molecule has 2 aromatic heterocycles. The Kier molecular flexibility index (Phi) is 9.14. The largest absolute Gasteiger partial charge is 0.395 e. The third-order valence-electron chi connectivity index (χ3n) is 5.65. The van der Waals surface area contributed by atoms with Crippen molar-refractivity contribution in [2.24, 2.45) is 0 Å². The zero-order valence-corrected chi connectivity index (χ0v) is 18.9. The number of methoxy groups -OCH3 is 1. The van der Waals surface area contributed by atoms with Crippen molar-refractivity contribution in [1.29, 1.82) is 0 Å². The molecule has 2 aromatic rings. The molecule has 1 aliphatic heterocycles. The van der Waals surface area contributed by atoms with Crippen molar-refractivity contribution in [3.63, 3.8) is 0 Å². The fourth-order valence-electron chi connectivity index (χ4n) is 3.92. The van der Waals surface area contributed by atoms with Crippen LogP contribution < -0.4 is 20.3 Å². The van der Waals surface area contributed by atoms with E-state index in [2.05, 4.69) is 15.0 Å². The van der Waals surface area contributed by atoms with E-state index < -0.39 is 5.56 Å². The lowest BCUT2D eigenvalue weighted by atomic mass is 10.1. The minimum absolute atomic E-state index is 0.0847. The van der Waals surface area contributed by atoms with Gasteiger partial charge in [0.1, 0.15) is 5.52 Å². The summed E-state index contributed by atoms with van der Waals surface area (Å²) in [6, 6.07) is 0. The number of ether oxygens (including phenoxy) is 1. The molecule has 184 valence electrons. The van der Waals surface area contributed by atoms with Crippen LogP contribution in [0.4, 0.5) is 17.7 Å². The fraction of sp³-hybridized carbons (Fsp3) is 0.700. The SMILES string of the molecule is COC1CCN(c2nc(N(CCO)CCO)nc3c(=O)[nH]c(N(CCO)CCO)nc23)CC1. The molecule has 0 aliphatic carbocycles. The van der Waals surface area contributed by atoms with Crippen LogP contribution in [0.3, 0.4) is 0 Å². The Labute approximate surface area is 191 Å². The van der Waals surface area contributed by atoms with Crippen LogP contribution in [0.25, 0.3) is 11.0 Å². The number of nitrogens with one attached hydrogen (secondary N) is 1. The van der Waals surface area contributed by atoms with Crippen LogP contribution in [0.5, 0.6) is 0 Å². The first kappa shape index (κ1) is 25.1. The number of anilines is 3. The second-order valence-corrected chi connectivity index (χ2v) is 7.72. The summed E-state index contributed by atoms with van der Waals surface area (Å²) in [5, 5.41) is 37.6. The van der Waals surface area contributed by atoms with Crippen molar-refractivity contribution in [3.05, 3.63) is 10.4 Å². The van der Waals surface area contributed by atoms with Crippen molar-refractivity contribution >= 4 is 28.7 Å². The molecule has 0 bridgehead atoms. The predicted octanol–water partition coefficient (Wildman–Crippen LogP) is -2.09. The molecule has 0 radical (unpaired) electrons. The smallest absolute Gasteiger partial charge is 0.279 e. The minimum Gasteiger partial charge on any atom is -0.395 e. The number of hydrogen-bond donors (Lipinski definition) is 5. The molecule has 13 heteroatoms. The van der Waals surface area contributed by atoms with Gasteiger partial charge in [-0.05, 0) is 12.8 Å². The van der Waals surface area contributed by atoms with E-state index in [1.54, 1.807) is 16.9 Å². The number of hydrogen-bond acceptors (Lipinski definition) is 12. The van der Waals surface area contributed by atoms with Gasteiger partial charge in [-0.3, -0.25) is 9.78 Å². The van der Waals surface area contributed by atoms with Crippen molar-refractivity contribution in [1.82, 2.24) is 19.9 Å². The Hall–Kier alpha value is -2.58. The van der Waals surface area contributed by atoms with Crippen molar-refractivity contribution in [2.75, 3.05) is 87.5 Å². The lowest BCUT2D eigenvalue weighted by Gasteiger charge is -2.33. The van der Waals surface area contributed by atoms with Gasteiger partial charge in [0.25, 0.3) is 5.56 Å². The summed E-state index contributed by atoms with van der Waals surface area (Å²) in [6.45, 7) is 1.37. The molecule has 3 heterocycles. The van der Waals surface area contributed by atoms with Gasteiger partial charge in [0.05, 0.1) is 32.5 Å². The first-order chi connectivity index (χ1) is 16.1. The summed E-state index contributed by atoms with van der Waals surface area (Å²) in [4.78, 5) is 34.7. The van der Waals surface area contributed by atoms with Gasteiger partial charge in [0, 0.05) is 46.4 Å². The van der Waals surface area contributed by atoms with E-state index in [0.29, 0.717) is 24.4 Å². The molecule has 1 aliphatic rings. The van der Waals surface area contributed by atoms with Crippen LogP contribution in [0.1, 0.15) is 12.8 Å². The highest BCUT2D eigenvalue weighted by Gasteiger charge is 2.26. The van der Waals surface area contributed by atoms with E-state index in [0.717, 1.165) is 12.8 Å². The lowest BCUT2D eigenvalue weighted by Crippen LogP contribution is -2.39. The van der Waals surface area contributed by atoms with Crippen molar-refractivity contribution in [3.8, 4) is 0 Å². The molecule has 1 saturated heterocycles. The monoisotopic (exact) mass is 467 g/mol. The summed E-state index contributed by atoms with van der Waals surface area (Å²) in [5.41, 5.74) is -0.0934. The van der Waals surface area contributed by atoms with Gasteiger partial charge in [-0.25, -0.2) is 9.97 Å². The molecule has 5 N–H and O–H groups in total. The standard InChI is InChI=1S/C20H33N7O6/c1-33-14-2-4-25(5-3-14)17-15-16(22-19(23-17)26(6-10-28)7-11-29)18(32)24-20(21-15)27(8-12-30)9-13-31/h14,28-31H,2-13H2,1H3,(H,21,24,32). The van der Waals surface area contributed by atoms with Gasteiger partial charge in [-0.2, -0.15) is 4.98 Å². The zero-order valence-electron chi connectivity index (χ0n) is 18.9. The average molecular weight is 468 g/mol. The molecule has 0 atom stereocenters. The maximum absolute atomic E-state index is 13.0. The summed E-state index contributed by atoms with van der Waals surface area (Å²) in [7, 11) is 1.68. The Morgan fingerprint density at radius 2 is 1.48 bits per heavy atom. The molecule has 0 amide bonds. The molecule has 3 rings (SSSR count). The van der Waals surface area contributed by atoms with E-state index >= 15 is 0 Å². The first-order valence-corrected chi connectivity index (χ1v) is 11.1. The second kappa shape index (κ2) is 12.0. The number of fused-ring (bicyclic) bond motifs is 1. The molecular formula is C20H33N7O6. The number of aliphatic hydroxyl groups is 4. The molecule has 0 saturated carbocycles. The lowest BCUT2D eigenvalue weighted by molar-refractivity contribution is 0.0818. The Morgan fingerprint density at radius 1 is 0.909 bits per heavy atom. The molecule has 33 heavy (non-hydrogen) atoms. The van der Waals surface area contributed by atoms with Crippen LogP contribution in [0.2, 0.25) is 0 Å². The summed E-state index contributed by atoms with van der Waals surface area (Å²) in [5.74, 6) is 0.908. The summed E-state index contributed by atoms with van der Waals surface area (Å²) in [6.07, 6.45) is 1.71. The zero-order chi connectivity index (χ0) is 23.8.